The monoisotopic (exact) mass is 301 g/mol. The van der Waals surface area contributed by atoms with E-state index in [9.17, 15) is 13.7 Å². The standard InChI is InChI=1S/C15H15N3O2S/c1-18(12-6-7-21(19,20)10-12)15-11(8-16)9-17-14-5-3-2-4-13(14)15/h2-5,9,12H,6-7,10H2,1H3. The zero-order valence-corrected chi connectivity index (χ0v) is 12.5. The van der Waals surface area contributed by atoms with Crippen molar-refractivity contribution < 1.29 is 8.42 Å². The first-order valence-corrected chi connectivity index (χ1v) is 8.55. The Balaban J connectivity index is 2.13. The van der Waals surface area contributed by atoms with E-state index in [0.29, 0.717) is 12.0 Å². The van der Waals surface area contributed by atoms with E-state index in [1.807, 2.05) is 36.2 Å². The van der Waals surface area contributed by atoms with Gasteiger partial charge >= 0.3 is 0 Å². The van der Waals surface area contributed by atoms with Crippen LogP contribution in [0.2, 0.25) is 0 Å². The summed E-state index contributed by atoms with van der Waals surface area (Å²) in [6, 6.07) is 9.66. The lowest BCUT2D eigenvalue weighted by atomic mass is 10.1. The Morgan fingerprint density at radius 3 is 2.81 bits per heavy atom. The number of para-hydroxylation sites is 1. The van der Waals surface area contributed by atoms with Gasteiger partial charge in [-0.2, -0.15) is 5.26 Å². The van der Waals surface area contributed by atoms with Crippen LogP contribution in [0.4, 0.5) is 5.69 Å². The summed E-state index contributed by atoms with van der Waals surface area (Å²) in [5, 5.41) is 10.2. The van der Waals surface area contributed by atoms with E-state index in [2.05, 4.69) is 11.1 Å². The maximum atomic E-state index is 11.7. The second kappa shape index (κ2) is 5.01. The number of aromatic nitrogens is 1. The fourth-order valence-electron chi connectivity index (χ4n) is 2.85. The molecule has 0 aliphatic carbocycles. The van der Waals surface area contributed by atoms with E-state index in [-0.39, 0.29) is 17.5 Å². The van der Waals surface area contributed by atoms with Crippen molar-refractivity contribution in [1.82, 2.24) is 4.98 Å². The normalized spacial score (nSPS) is 20.3. The van der Waals surface area contributed by atoms with Gasteiger partial charge in [-0.15, -0.1) is 0 Å². The van der Waals surface area contributed by atoms with Gasteiger partial charge in [0, 0.05) is 24.7 Å². The molecule has 1 fully saturated rings. The summed E-state index contributed by atoms with van der Waals surface area (Å²) in [6.45, 7) is 0. The van der Waals surface area contributed by atoms with Gasteiger partial charge in [0.2, 0.25) is 0 Å². The van der Waals surface area contributed by atoms with Crippen molar-refractivity contribution in [3.8, 4) is 6.07 Å². The molecule has 1 saturated heterocycles. The van der Waals surface area contributed by atoms with Crippen molar-refractivity contribution in [2.24, 2.45) is 0 Å². The van der Waals surface area contributed by atoms with Crippen LogP contribution in [-0.4, -0.2) is 38.0 Å². The summed E-state index contributed by atoms with van der Waals surface area (Å²) in [7, 11) is -1.11. The molecule has 1 aromatic heterocycles. The first-order chi connectivity index (χ1) is 10.0. The molecular formula is C15H15N3O2S. The summed E-state index contributed by atoms with van der Waals surface area (Å²) in [5.74, 6) is 0.359. The lowest BCUT2D eigenvalue weighted by Gasteiger charge is -2.27. The summed E-state index contributed by atoms with van der Waals surface area (Å²) in [6.07, 6.45) is 2.15. The fourth-order valence-corrected chi connectivity index (χ4v) is 4.63. The topological polar surface area (TPSA) is 74.1 Å². The highest BCUT2D eigenvalue weighted by Gasteiger charge is 2.32. The Labute approximate surface area is 123 Å². The average molecular weight is 301 g/mol. The zero-order valence-electron chi connectivity index (χ0n) is 11.7. The molecule has 0 amide bonds. The summed E-state index contributed by atoms with van der Waals surface area (Å²) in [5.41, 5.74) is 2.05. The molecule has 5 nitrogen and oxygen atoms in total. The quantitative estimate of drug-likeness (QED) is 0.844. The summed E-state index contributed by atoms with van der Waals surface area (Å²) < 4.78 is 23.4. The van der Waals surface area contributed by atoms with Crippen LogP contribution < -0.4 is 4.90 Å². The first-order valence-electron chi connectivity index (χ1n) is 6.73. The fraction of sp³-hybridized carbons (Fsp3) is 0.333. The molecule has 2 heterocycles. The minimum atomic E-state index is -2.96. The predicted octanol–water partition coefficient (Wildman–Crippen LogP) is 1.73. The maximum Gasteiger partial charge on any atom is 0.152 e. The lowest BCUT2D eigenvalue weighted by molar-refractivity contribution is 0.601. The zero-order chi connectivity index (χ0) is 15.0. The van der Waals surface area contributed by atoms with E-state index in [4.69, 9.17) is 0 Å². The smallest absolute Gasteiger partial charge is 0.152 e. The molecule has 2 aromatic rings. The number of hydrogen-bond acceptors (Lipinski definition) is 5. The third kappa shape index (κ3) is 2.45. The van der Waals surface area contributed by atoms with E-state index >= 15 is 0 Å². The number of pyridine rings is 1. The first kappa shape index (κ1) is 13.8. The van der Waals surface area contributed by atoms with Crippen molar-refractivity contribution in [1.29, 1.82) is 5.26 Å². The molecule has 1 aliphatic rings. The van der Waals surface area contributed by atoms with Crippen LogP contribution in [0.1, 0.15) is 12.0 Å². The number of nitrogens with zero attached hydrogens (tertiary/aromatic N) is 3. The van der Waals surface area contributed by atoms with Gasteiger partial charge in [-0.05, 0) is 12.5 Å². The van der Waals surface area contributed by atoms with Gasteiger partial charge in [0.15, 0.2) is 9.84 Å². The van der Waals surface area contributed by atoms with Gasteiger partial charge < -0.3 is 4.90 Å². The van der Waals surface area contributed by atoms with Crippen LogP contribution >= 0.6 is 0 Å². The molecule has 6 heteroatoms. The number of benzene rings is 1. The summed E-state index contributed by atoms with van der Waals surface area (Å²) in [4.78, 5) is 6.21. The minimum absolute atomic E-state index is 0.0899. The van der Waals surface area contributed by atoms with Crippen LogP contribution in [-0.2, 0) is 9.84 Å². The molecule has 1 atom stereocenters. The molecule has 1 aromatic carbocycles. The van der Waals surface area contributed by atoms with Crippen LogP contribution in [0.25, 0.3) is 10.9 Å². The molecule has 0 bridgehead atoms. The van der Waals surface area contributed by atoms with Crippen LogP contribution in [0.15, 0.2) is 30.5 Å². The van der Waals surface area contributed by atoms with Crippen molar-refractivity contribution in [3.05, 3.63) is 36.0 Å². The van der Waals surface area contributed by atoms with Crippen molar-refractivity contribution in [2.75, 3.05) is 23.5 Å². The number of sulfone groups is 1. The molecule has 1 unspecified atom stereocenters. The predicted molar refractivity (Wildman–Crippen MR) is 81.9 cm³/mol. The van der Waals surface area contributed by atoms with Gasteiger partial charge in [0.25, 0.3) is 0 Å². The molecule has 21 heavy (non-hydrogen) atoms. The Bertz CT molecular complexity index is 840. The highest BCUT2D eigenvalue weighted by Crippen LogP contribution is 2.32. The van der Waals surface area contributed by atoms with E-state index in [1.54, 1.807) is 6.20 Å². The van der Waals surface area contributed by atoms with Crippen LogP contribution in [0.5, 0.6) is 0 Å². The summed E-state index contributed by atoms with van der Waals surface area (Å²) >= 11 is 0. The van der Waals surface area contributed by atoms with Gasteiger partial charge in [0.1, 0.15) is 6.07 Å². The molecule has 0 radical (unpaired) electrons. The molecular weight excluding hydrogens is 286 g/mol. The van der Waals surface area contributed by atoms with E-state index in [0.717, 1.165) is 16.6 Å². The Morgan fingerprint density at radius 1 is 1.38 bits per heavy atom. The van der Waals surface area contributed by atoms with E-state index in [1.165, 1.54) is 0 Å². The number of nitriles is 1. The highest BCUT2D eigenvalue weighted by atomic mass is 32.2. The Kier molecular flexibility index (Phi) is 3.30. The minimum Gasteiger partial charge on any atom is -0.369 e. The largest absolute Gasteiger partial charge is 0.369 e. The third-order valence-electron chi connectivity index (χ3n) is 3.98. The molecule has 0 saturated carbocycles. The second-order valence-corrected chi connectivity index (χ2v) is 7.55. The second-order valence-electron chi connectivity index (χ2n) is 5.32. The van der Waals surface area contributed by atoms with E-state index < -0.39 is 9.84 Å². The number of hydrogen-bond donors (Lipinski definition) is 0. The molecule has 0 spiro atoms. The maximum absolute atomic E-state index is 11.7. The van der Waals surface area contributed by atoms with Gasteiger partial charge in [-0.3, -0.25) is 4.98 Å². The van der Waals surface area contributed by atoms with Gasteiger partial charge in [-0.25, -0.2) is 8.42 Å². The number of fused-ring (bicyclic) bond motifs is 1. The van der Waals surface area contributed by atoms with Crippen molar-refractivity contribution in [3.63, 3.8) is 0 Å². The van der Waals surface area contributed by atoms with Crippen molar-refractivity contribution >= 4 is 26.4 Å². The third-order valence-corrected chi connectivity index (χ3v) is 5.73. The number of rotatable bonds is 2. The Hall–Kier alpha value is -2.13. The molecule has 3 rings (SSSR count). The Morgan fingerprint density at radius 2 is 2.14 bits per heavy atom. The van der Waals surface area contributed by atoms with Gasteiger partial charge in [0.05, 0.1) is 28.3 Å². The average Bonchev–Trinajstić information content (AvgIpc) is 2.85. The van der Waals surface area contributed by atoms with Crippen LogP contribution in [0, 0.1) is 11.3 Å². The van der Waals surface area contributed by atoms with Crippen molar-refractivity contribution in [2.45, 2.75) is 12.5 Å². The number of anilines is 1. The highest BCUT2D eigenvalue weighted by molar-refractivity contribution is 7.91. The SMILES string of the molecule is CN(c1c(C#N)cnc2ccccc12)C1CCS(=O)(=O)C1. The molecule has 108 valence electrons. The molecule has 1 aliphatic heterocycles. The van der Waals surface area contributed by atoms with Crippen LogP contribution in [0.3, 0.4) is 0 Å². The van der Waals surface area contributed by atoms with Gasteiger partial charge in [-0.1, -0.05) is 18.2 Å². The lowest BCUT2D eigenvalue weighted by Crippen LogP contribution is -2.33. The molecule has 0 N–H and O–H groups in total.